The normalized spacial score (nSPS) is 21.4. The highest BCUT2D eigenvalue weighted by Gasteiger charge is 2.34. The first-order chi connectivity index (χ1) is 8.86. The average molecular weight is 323 g/mol. The van der Waals surface area contributed by atoms with Crippen LogP contribution in [0.2, 0.25) is 0 Å². The first-order valence-corrected chi connectivity index (χ1v) is 8.97. The van der Waals surface area contributed by atoms with Crippen LogP contribution in [-0.2, 0) is 15.9 Å². The van der Waals surface area contributed by atoms with Crippen molar-refractivity contribution in [2.45, 2.75) is 29.5 Å². The van der Waals surface area contributed by atoms with Gasteiger partial charge in [-0.25, -0.2) is 8.42 Å². The lowest BCUT2D eigenvalue weighted by molar-refractivity contribution is 0.302. The van der Waals surface area contributed by atoms with E-state index in [1.165, 1.54) is 11.3 Å². The van der Waals surface area contributed by atoms with Crippen molar-refractivity contribution in [1.29, 1.82) is 0 Å². The van der Waals surface area contributed by atoms with Crippen molar-refractivity contribution in [3.05, 3.63) is 16.5 Å². The molecule has 0 saturated carbocycles. The number of thiophene rings is 1. The van der Waals surface area contributed by atoms with E-state index in [0.717, 1.165) is 16.9 Å². The fourth-order valence-electron chi connectivity index (χ4n) is 2.23. The zero-order valence-electron chi connectivity index (χ0n) is 11.4. The van der Waals surface area contributed by atoms with Crippen molar-refractivity contribution in [2.24, 2.45) is 0 Å². The summed E-state index contributed by atoms with van der Waals surface area (Å²) in [5.74, 6) is 0.367. The minimum atomic E-state index is -3.35. The number of hydrogen-bond acceptors (Lipinski definition) is 4. The second-order valence-corrected chi connectivity index (χ2v) is 8.64. The second kappa shape index (κ2) is 5.69. The van der Waals surface area contributed by atoms with Crippen LogP contribution in [0.15, 0.2) is 10.3 Å². The van der Waals surface area contributed by atoms with E-state index in [4.69, 9.17) is 11.6 Å². The number of sulfonamides is 1. The van der Waals surface area contributed by atoms with Gasteiger partial charge in [-0.2, -0.15) is 4.31 Å². The summed E-state index contributed by atoms with van der Waals surface area (Å²) in [6, 6.07) is 2.05. The molecular weight excluding hydrogens is 304 g/mol. The summed E-state index contributed by atoms with van der Waals surface area (Å²) in [5, 5.41) is 0. The topological polar surface area (TPSA) is 40.6 Å². The van der Waals surface area contributed by atoms with Gasteiger partial charge >= 0.3 is 0 Å². The molecular formula is C12H19ClN2O2S2. The molecule has 4 nitrogen and oxygen atoms in total. The van der Waals surface area contributed by atoms with Gasteiger partial charge in [0.1, 0.15) is 4.21 Å². The fourth-order valence-corrected chi connectivity index (χ4v) is 5.69. The summed E-state index contributed by atoms with van der Waals surface area (Å²) in [4.78, 5) is 3.02. The van der Waals surface area contributed by atoms with Crippen molar-refractivity contribution in [3.8, 4) is 0 Å². The van der Waals surface area contributed by atoms with Crippen molar-refractivity contribution in [3.63, 3.8) is 0 Å². The van der Waals surface area contributed by atoms with E-state index in [0.29, 0.717) is 29.2 Å². The molecule has 0 spiro atoms. The molecule has 0 N–H and O–H groups in total. The van der Waals surface area contributed by atoms with Crippen LogP contribution < -0.4 is 0 Å². The minimum Gasteiger partial charge on any atom is -0.305 e. The smallest absolute Gasteiger partial charge is 0.252 e. The highest BCUT2D eigenvalue weighted by atomic mass is 35.5. The lowest BCUT2D eigenvalue weighted by Crippen LogP contribution is -2.34. The molecule has 1 unspecified atom stereocenters. The summed E-state index contributed by atoms with van der Waals surface area (Å²) >= 11 is 7.10. The van der Waals surface area contributed by atoms with Crippen LogP contribution in [0.3, 0.4) is 0 Å². The molecule has 2 rings (SSSR count). The Morgan fingerprint density at radius 3 is 2.68 bits per heavy atom. The molecule has 0 aliphatic carbocycles. The molecule has 7 heteroatoms. The monoisotopic (exact) mass is 322 g/mol. The van der Waals surface area contributed by atoms with Crippen LogP contribution in [-0.4, -0.2) is 50.8 Å². The third-order valence-corrected chi connectivity index (χ3v) is 7.55. The lowest BCUT2D eigenvalue weighted by Gasteiger charge is -2.19. The number of alkyl halides is 1. The third-order valence-electron chi connectivity index (χ3n) is 3.57. The first-order valence-electron chi connectivity index (χ1n) is 6.18. The fraction of sp³-hybridized carbons (Fsp3) is 0.667. The minimum absolute atomic E-state index is 0.309. The Balaban J connectivity index is 2.23. The molecule has 0 radical (unpaired) electrons. The van der Waals surface area contributed by atoms with E-state index in [9.17, 15) is 8.42 Å². The summed E-state index contributed by atoms with van der Waals surface area (Å²) in [6.45, 7) is 3.07. The van der Waals surface area contributed by atoms with Gasteiger partial charge in [0.15, 0.2) is 0 Å². The van der Waals surface area contributed by atoms with Gasteiger partial charge in [-0.15, -0.1) is 22.9 Å². The van der Waals surface area contributed by atoms with Crippen molar-refractivity contribution >= 4 is 33.0 Å². The molecule has 108 valence electrons. The van der Waals surface area contributed by atoms with E-state index in [2.05, 4.69) is 4.90 Å². The number of likely N-dealkylation sites (N-methyl/N-ethyl adjacent to an activating group) is 1. The Kier molecular flexibility index (Phi) is 4.57. The van der Waals surface area contributed by atoms with Crippen LogP contribution in [0.5, 0.6) is 0 Å². The Morgan fingerprint density at radius 2 is 2.21 bits per heavy atom. The molecule has 0 bridgehead atoms. The van der Waals surface area contributed by atoms with Gasteiger partial charge in [0, 0.05) is 24.0 Å². The Hall–Kier alpha value is -0.140. The SMILES string of the molecule is Cc1cc(S(=O)(=O)N2CCC(N(C)C)C2)sc1CCl. The zero-order valence-corrected chi connectivity index (χ0v) is 13.8. The summed E-state index contributed by atoms with van der Waals surface area (Å²) in [7, 11) is 0.625. The summed E-state index contributed by atoms with van der Waals surface area (Å²) < 4.78 is 27.1. The summed E-state index contributed by atoms with van der Waals surface area (Å²) in [6.07, 6.45) is 0.888. The average Bonchev–Trinajstić information content (AvgIpc) is 2.95. The maximum absolute atomic E-state index is 12.6. The van der Waals surface area contributed by atoms with Gasteiger partial charge in [-0.05, 0) is 39.1 Å². The van der Waals surface area contributed by atoms with E-state index in [-0.39, 0.29) is 0 Å². The maximum atomic E-state index is 12.6. The molecule has 1 aliphatic heterocycles. The number of rotatable bonds is 4. The highest BCUT2D eigenvalue weighted by Crippen LogP contribution is 2.31. The van der Waals surface area contributed by atoms with Crippen LogP contribution in [0, 0.1) is 6.92 Å². The molecule has 1 aromatic rings. The van der Waals surface area contributed by atoms with Gasteiger partial charge < -0.3 is 4.90 Å². The second-order valence-electron chi connectivity index (χ2n) is 5.07. The van der Waals surface area contributed by atoms with Crippen molar-refractivity contribution in [1.82, 2.24) is 9.21 Å². The predicted molar refractivity (Wildman–Crippen MR) is 79.5 cm³/mol. The maximum Gasteiger partial charge on any atom is 0.252 e. The number of hydrogen-bond donors (Lipinski definition) is 0. The molecule has 1 atom stereocenters. The Bertz CT molecular complexity index is 554. The van der Waals surface area contributed by atoms with E-state index < -0.39 is 10.0 Å². The Morgan fingerprint density at radius 1 is 1.53 bits per heavy atom. The van der Waals surface area contributed by atoms with Gasteiger partial charge in [-0.3, -0.25) is 0 Å². The zero-order chi connectivity index (χ0) is 14.2. The van der Waals surface area contributed by atoms with Crippen LogP contribution in [0.1, 0.15) is 16.9 Å². The van der Waals surface area contributed by atoms with Gasteiger partial charge in [0.25, 0.3) is 10.0 Å². The first kappa shape index (κ1) is 15.3. The van der Waals surface area contributed by atoms with Crippen LogP contribution in [0.25, 0.3) is 0 Å². The van der Waals surface area contributed by atoms with E-state index in [1.807, 2.05) is 21.0 Å². The van der Waals surface area contributed by atoms with Crippen molar-refractivity contribution in [2.75, 3.05) is 27.2 Å². The van der Waals surface area contributed by atoms with Crippen LogP contribution in [0.4, 0.5) is 0 Å². The largest absolute Gasteiger partial charge is 0.305 e. The molecule has 1 aliphatic rings. The van der Waals surface area contributed by atoms with Crippen LogP contribution >= 0.6 is 22.9 Å². The molecule has 0 aromatic carbocycles. The molecule has 0 amide bonds. The predicted octanol–water partition coefficient (Wildman–Crippen LogP) is 2.12. The molecule has 19 heavy (non-hydrogen) atoms. The standard InChI is InChI=1S/C12H19ClN2O2S2/c1-9-6-12(18-11(9)7-13)19(16,17)15-5-4-10(8-15)14(2)3/h6,10H,4-5,7-8H2,1-3H3. The molecule has 1 fully saturated rings. The van der Waals surface area contributed by atoms with E-state index >= 15 is 0 Å². The molecule has 2 heterocycles. The molecule has 1 aromatic heterocycles. The number of halogens is 1. The number of nitrogens with zero attached hydrogens (tertiary/aromatic N) is 2. The quantitative estimate of drug-likeness (QED) is 0.797. The number of aryl methyl sites for hydroxylation is 1. The van der Waals surface area contributed by atoms with E-state index in [1.54, 1.807) is 10.4 Å². The van der Waals surface area contributed by atoms with Gasteiger partial charge in [0.05, 0.1) is 5.88 Å². The lowest BCUT2D eigenvalue weighted by atomic mass is 10.2. The summed E-state index contributed by atoms with van der Waals surface area (Å²) in [5.41, 5.74) is 0.960. The van der Waals surface area contributed by atoms with Gasteiger partial charge in [-0.1, -0.05) is 0 Å². The molecule has 1 saturated heterocycles. The van der Waals surface area contributed by atoms with Gasteiger partial charge in [0.2, 0.25) is 0 Å². The Labute approximate surface area is 124 Å². The van der Waals surface area contributed by atoms with Crippen molar-refractivity contribution < 1.29 is 8.42 Å². The highest BCUT2D eigenvalue weighted by molar-refractivity contribution is 7.91. The third kappa shape index (κ3) is 2.97.